The minimum atomic E-state index is 0.0782. The number of carbonyl (C=O) groups excluding carboxylic acids is 1. The van der Waals surface area contributed by atoms with E-state index in [1.54, 1.807) is 0 Å². The number of amides is 1. The van der Waals surface area contributed by atoms with Crippen LogP contribution in [0.5, 0.6) is 5.75 Å². The molecule has 3 rings (SSSR count). The molecule has 0 aliphatic carbocycles. The number of hydrogen-bond acceptors (Lipinski definition) is 4. The highest BCUT2D eigenvalue weighted by molar-refractivity contribution is 5.76. The van der Waals surface area contributed by atoms with Crippen LogP contribution in [0.3, 0.4) is 0 Å². The summed E-state index contributed by atoms with van der Waals surface area (Å²) in [6.45, 7) is 4.25. The molecule has 1 aliphatic heterocycles. The number of nitrogens with one attached hydrogen (secondary N) is 1. The molecule has 0 saturated carbocycles. The van der Waals surface area contributed by atoms with Gasteiger partial charge in [0.1, 0.15) is 17.4 Å². The lowest BCUT2D eigenvalue weighted by molar-refractivity contribution is -0.121. The fourth-order valence-electron chi connectivity index (χ4n) is 3.31. The maximum absolute atomic E-state index is 12.1. The summed E-state index contributed by atoms with van der Waals surface area (Å²) in [4.78, 5) is 12.1. The molecule has 0 radical (unpaired) electrons. The van der Waals surface area contributed by atoms with Crippen molar-refractivity contribution in [1.82, 2.24) is 20.1 Å². The topological polar surface area (TPSA) is 69.0 Å². The van der Waals surface area contributed by atoms with E-state index in [0.717, 1.165) is 48.8 Å². The van der Waals surface area contributed by atoms with Crippen molar-refractivity contribution in [2.75, 3.05) is 13.2 Å². The van der Waals surface area contributed by atoms with E-state index in [0.29, 0.717) is 19.6 Å². The van der Waals surface area contributed by atoms with Crippen LogP contribution in [0.1, 0.15) is 49.8 Å². The average molecular weight is 356 g/mol. The predicted octanol–water partition coefficient (Wildman–Crippen LogP) is 2.69. The third-order valence-electron chi connectivity index (χ3n) is 4.73. The summed E-state index contributed by atoms with van der Waals surface area (Å²) in [5, 5.41) is 11.6. The van der Waals surface area contributed by atoms with E-state index < -0.39 is 0 Å². The van der Waals surface area contributed by atoms with Gasteiger partial charge < -0.3 is 14.6 Å². The smallest absolute Gasteiger partial charge is 0.220 e. The summed E-state index contributed by atoms with van der Waals surface area (Å²) in [7, 11) is 0. The Bertz CT molecular complexity index is 709. The summed E-state index contributed by atoms with van der Waals surface area (Å²) >= 11 is 0. The van der Waals surface area contributed by atoms with E-state index in [1.165, 1.54) is 19.3 Å². The number of nitrogens with zero attached hydrogens (tertiary/aromatic N) is 3. The van der Waals surface area contributed by atoms with Gasteiger partial charge in [0, 0.05) is 32.4 Å². The molecule has 1 aromatic carbocycles. The van der Waals surface area contributed by atoms with Gasteiger partial charge >= 0.3 is 0 Å². The summed E-state index contributed by atoms with van der Waals surface area (Å²) in [5.41, 5.74) is 1.14. The van der Waals surface area contributed by atoms with Gasteiger partial charge in [0.2, 0.25) is 5.91 Å². The third kappa shape index (κ3) is 5.07. The number of ether oxygens (including phenoxy) is 1. The van der Waals surface area contributed by atoms with Crippen LogP contribution in [0.25, 0.3) is 0 Å². The number of rotatable bonds is 8. The molecule has 6 nitrogen and oxygen atoms in total. The molecule has 0 saturated heterocycles. The highest BCUT2D eigenvalue weighted by Gasteiger charge is 2.14. The largest absolute Gasteiger partial charge is 0.494 e. The van der Waals surface area contributed by atoms with E-state index in [1.807, 2.05) is 31.2 Å². The molecule has 2 aromatic rings. The molecule has 1 aliphatic rings. The molecule has 0 spiro atoms. The maximum atomic E-state index is 12.1. The lowest BCUT2D eigenvalue weighted by Crippen LogP contribution is -2.26. The number of hydrogen-bond donors (Lipinski definition) is 1. The average Bonchev–Trinajstić information content (AvgIpc) is 2.88. The Morgan fingerprint density at radius 3 is 2.81 bits per heavy atom. The zero-order valence-electron chi connectivity index (χ0n) is 15.5. The van der Waals surface area contributed by atoms with Crippen molar-refractivity contribution >= 4 is 5.91 Å². The number of fused-ring (bicyclic) bond motifs is 1. The molecular weight excluding hydrogens is 328 g/mol. The van der Waals surface area contributed by atoms with E-state index >= 15 is 0 Å². The van der Waals surface area contributed by atoms with Crippen LogP contribution in [0, 0.1) is 0 Å². The first-order valence-corrected chi connectivity index (χ1v) is 9.65. The van der Waals surface area contributed by atoms with Crippen LogP contribution in [0.4, 0.5) is 0 Å². The third-order valence-corrected chi connectivity index (χ3v) is 4.73. The van der Waals surface area contributed by atoms with Crippen LogP contribution in [-0.2, 0) is 30.6 Å². The maximum Gasteiger partial charge on any atom is 0.220 e. The van der Waals surface area contributed by atoms with E-state index in [4.69, 9.17) is 4.74 Å². The standard InChI is InChI=1S/C20H28N4O2/c1-2-26-17-10-7-16(8-11-17)9-12-20(25)21-14-13-19-23-22-18-6-4-3-5-15-24(18)19/h7-8,10-11H,2-6,9,12-15H2,1H3,(H,21,25). The van der Waals surface area contributed by atoms with Crippen LogP contribution in [-0.4, -0.2) is 33.8 Å². The van der Waals surface area contributed by atoms with Crippen molar-refractivity contribution < 1.29 is 9.53 Å². The first-order valence-electron chi connectivity index (χ1n) is 9.65. The lowest BCUT2D eigenvalue weighted by Gasteiger charge is -2.08. The Hall–Kier alpha value is -2.37. The molecule has 0 atom stereocenters. The van der Waals surface area contributed by atoms with Crippen molar-refractivity contribution in [3.63, 3.8) is 0 Å². The monoisotopic (exact) mass is 356 g/mol. The number of benzene rings is 1. The second kappa shape index (κ2) is 9.36. The Morgan fingerprint density at radius 2 is 2.00 bits per heavy atom. The minimum absolute atomic E-state index is 0.0782. The summed E-state index contributed by atoms with van der Waals surface area (Å²) in [6, 6.07) is 7.94. The van der Waals surface area contributed by atoms with Gasteiger partial charge in [0.15, 0.2) is 0 Å². The molecule has 26 heavy (non-hydrogen) atoms. The SMILES string of the molecule is CCOc1ccc(CCC(=O)NCCc2nnc3n2CCCCC3)cc1. The van der Waals surface area contributed by atoms with E-state index in [2.05, 4.69) is 20.1 Å². The Morgan fingerprint density at radius 1 is 1.15 bits per heavy atom. The molecule has 0 bridgehead atoms. The fourth-order valence-corrected chi connectivity index (χ4v) is 3.31. The molecule has 2 heterocycles. The second-order valence-corrected chi connectivity index (χ2v) is 6.67. The van der Waals surface area contributed by atoms with E-state index in [9.17, 15) is 4.79 Å². The van der Waals surface area contributed by atoms with Crippen molar-refractivity contribution in [2.24, 2.45) is 0 Å². The molecule has 0 unspecified atom stereocenters. The van der Waals surface area contributed by atoms with Crippen molar-refractivity contribution in [1.29, 1.82) is 0 Å². The number of carbonyl (C=O) groups is 1. The molecule has 1 aromatic heterocycles. The minimum Gasteiger partial charge on any atom is -0.494 e. The summed E-state index contributed by atoms with van der Waals surface area (Å²) in [6.07, 6.45) is 6.62. The molecule has 140 valence electrons. The molecule has 6 heteroatoms. The van der Waals surface area contributed by atoms with Gasteiger partial charge in [-0.3, -0.25) is 4.79 Å². The molecular formula is C20H28N4O2. The van der Waals surface area contributed by atoms with Gasteiger partial charge in [-0.25, -0.2) is 0 Å². The number of aromatic nitrogens is 3. The Kier molecular flexibility index (Phi) is 6.63. The van der Waals surface area contributed by atoms with Gasteiger partial charge in [-0.05, 0) is 43.9 Å². The van der Waals surface area contributed by atoms with Crippen LogP contribution >= 0.6 is 0 Å². The summed E-state index contributed by atoms with van der Waals surface area (Å²) in [5.74, 6) is 3.04. The second-order valence-electron chi connectivity index (χ2n) is 6.67. The fraction of sp³-hybridized carbons (Fsp3) is 0.550. The van der Waals surface area contributed by atoms with Crippen LogP contribution in [0.15, 0.2) is 24.3 Å². The van der Waals surface area contributed by atoms with Gasteiger partial charge in [-0.15, -0.1) is 10.2 Å². The number of aryl methyl sites for hydroxylation is 2. The molecule has 1 amide bonds. The molecule has 1 N–H and O–H groups in total. The van der Waals surface area contributed by atoms with Crippen LogP contribution in [0.2, 0.25) is 0 Å². The first kappa shape index (κ1) is 18.4. The van der Waals surface area contributed by atoms with E-state index in [-0.39, 0.29) is 5.91 Å². The van der Waals surface area contributed by atoms with Crippen molar-refractivity contribution in [3.05, 3.63) is 41.5 Å². The van der Waals surface area contributed by atoms with Gasteiger partial charge in [-0.2, -0.15) is 0 Å². The summed E-state index contributed by atoms with van der Waals surface area (Å²) < 4.78 is 7.67. The lowest BCUT2D eigenvalue weighted by atomic mass is 10.1. The normalized spacial score (nSPS) is 13.7. The Balaban J connectivity index is 1.40. The molecule has 0 fully saturated rings. The zero-order chi connectivity index (χ0) is 18.2. The van der Waals surface area contributed by atoms with Crippen molar-refractivity contribution in [3.8, 4) is 5.75 Å². The quantitative estimate of drug-likeness (QED) is 0.789. The Labute approximate surface area is 155 Å². The predicted molar refractivity (Wildman–Crippen MR) is 100 cm³/mol. The highest BCUT2D eigenvalue weighted by atomic mass is 16.5. The van der Waals surface area contributed by atoms with Crippen LogP contribution < -0.4 is 10.1 Å². The van der Waals surface area contributed by atoms with Gasteiger partial charge in [0.05, 0.1) is 6.61 Å². The van der Waals surface area contributed by atoms with Gasteiger partial charge in [0.25, 0.3) is 0 Å². The zero-order valence-corrected chi connectivity index (χ0v) is 15.5. The highest BCUT2D eigenvalue weighted by Crippen LogP contribution is 2.15. The van der Waals surface area contributed by atoms with Gasteiger partial charge in [-0.1, -0.05) is 18.6 Å². The van der Waals surface area contributed by atoms with Crippen molar-refractivity contribution in [2.45, 2.75) is 58.4 Å². The first-order chi connectivity index (χ1) is 12.8.